The van der Waals surface area contributed by atoms with Crippen LogP contribution in [0.3, 0.4) is 0 Å². The Bertz CT molecular complexity index is 826. The summed E-state index contributed by atoms with van der Waals surface area (Å²) in [6.07, 6.45) is -0.777. The van der Waals surface area contributed by atoms with Crippen molar-refractivity contribution >= 4 is 32.4 Å². The standard InChI is InChI=1S/C18H19IO3S/c1-18(2)11-23(21,22)15-6-4-3-5-14(15)16(17(18)20)12-7-9-13(19)10-8-12/h3-10,16-17,20H,11H2,1-2H3/t16-,17-/m1/s1. The molecule has 0 bridgehead atoms. The Balaban J connectivity index is 2.28. The van der Waals surface area contributed by atoms with E-state index in [4.69, 9.17) is 0 Å². The van der Waals surface area contributed by atoms with Crippen molar-refractivity contribution in [2.24, 2.45) is 5.41 Å². The Kier molecular flexibility index (Phi) is 4.31. The predicted octanol–water partition coefficient (Wildman–Crippen LogP) is 3.60. The highest BCUT2D eigenvalue weighted by atomic mass is 127. The maximum absolute atomic E-state index is 12.8. The topological polar surface area (TPSA) is 54.4 Å². The Morgan fingerprint density at radius 3 is 2.35 bits per heavy atom. The molecule has 122 valence electrons. The Hall–Kier alpha value is -0.920. The fraction of sp³-hybridized carbons (Fsp3) is 0.333. The molecule has 3 nitrogen and oxygen atoms in total. The minimum absolute atomic E-state index is 0.0565. The molecule has 2 atom stereocenters. The molecular formula is C18H19IO3S. The fourth-order valence-corrected chi connectivity index (χ4v) is 5.83. The fourth-order valence-electron chi connectivity index (χ4n) is 3.33. The number of fused-ring (bicyclic) bond motifs is 1. The molecule has 0 unspecified atom stereocenters. The molecule has 1 heterocycles. The predicted molar refractivity (Wildman–Crippen MR) is 99.3 cm³/mol. The quantitative estimate of drug-likeness (QED) is 0.687. The van der Waals surface area contributed by atoms with Crippen LogP contribution in [0.5, 0.6) is 0 Å². The Labute approximate surface area is 150 Å². The van der Waals surface area contributed by atoms with E-state index in [0.717, 1.165) is 9.13 Å². The van der Waals surface area contributed by atoms with Gasteiger partial charge in [-0.15, -0.1) is 0 Å². The van der Waals surface area contributed by atoms with Crippen LogP contribution in [0.2, 0.25) is 0 Å². The van der Waals surface area contributed by atoms with Crippen LogP contribution in [-0.2, 0) is 9.84 Å². The molecule has 0 saturated heterocycles. The molecule has 0 amide bonds. The number of hydrogen-bond donors (Lipinski definition) is 1. The lowest BCUT2D eigenvalue weighted by Gasteiger charge is -2.33. The highest BCUT2D eigenvalue weighted by Crippen LogP contribution is 2.44. The van der Waals surface area contributed by atoms with E-state index >= 15 is 0 Å². The van der Waals surface area contributed by atoms with Gasteiger partial charge in [0.1, 0.15) is 0 Å². The average molecular weight is 442 g/mol. The lowest BCUT2D eigenvalue weighted by molar-refractivity contribution is 0.0521. The maximum Gasteiger partial charge on any atom is 0.179 e. The van der Waals surface area contributed by atoms with Gasteiger partial charge in [-0.3, -0.25) is 0 Å². The van der Waals surface area contributed by atoms with Crippen molar-refractivity contribution in [1.82, 2.24) is 0 Å². The van der Waals surface area contributed by atoms with Crippen molar-refractivity contribution in [3.63, 3.8) is 0 Å². The van der Waals surface area contributed by atoms with E-state index in [1.807, 2.05) is 50.2 Å². The summed E-state index contributed by atoms with van der Waals surface area (Å²) in [5.74, 6) is -0.408. The first-order valence-electron chi connectivity index (χ1n) is 7.47. The molecule has 0 spiro atoms. The molecule has 0 fully saturated rings. The Morgan fingerprint density at radius 2 is 1.70 bits per heavy atom. The zero-order valence-corrected chi connectivity index (χ0v) is 16.0. The number of halogens is 1. The van der Waals surface area contributed by atoms with Gasteiger partial charge in [-0.2, -0.15) is 0 Å². The van der Waals surface area contributed by atoms with E-state index in [-0.39, 0.29) is 11.7 Å². The van der Waals surface area contributed by atoms with Crippen LogP contribution in [0.4, 0.5) is 0 Å². The van der Waals surface area contributed by atoms with E-state index in [2.05, 4.69) is 22.6 Å². The summed E-state index contributed by atoms with van der Waals surface area (Å²) in [5, 5.41) is 11.0. The van der Waals surface area contributed by atoms with Crippen LogP contribution < -0.4 is 0 Å². The normalized spacial score (nSPS) is 25.4. The van der Waals surface area contributed by atoms with Gasteiger partial charge in [0.25, 0.3) is 0 Å². The lowest BCUT2D eigenvalue weighted by atomic mass is 9.75. The van der Waals surface area contributed by atoms with Gasteiger partial charge in [-0.1, -0.05) is 44.2 Å². The van der Waals surface area contributed by atoms with Crippen LogP contribution in [-0.4, -0.2) is 25.4 Å². The van der Waals surface area contributed by atoms with Crippen LogP contribution in [0.15, 0.2) is 53.4 Å². The monoisotopic (exact) mass is 442 g/mol. The Morgan fingerprint density at radius 1 is 1.09 bits per heavy atom. The van der Waals surface area contributed by atoms with E-state index in [0.29, 0.717) is 10.5 Å². The number of benzene rings is 2. The molecule has 0 aliphatic carbocycles. The summed E-state index contributed by atoms with van der Waals surface area (Å²) in [7, 11) is -3.43. The molecule has 3 rings (SSSR count). The van der Waals surface area contributed by atoms with Gasteiger partial charge in [0.05, 0.1) is 16.8 Å². The van der Waals surface area contributed by atoms with Gasteiger partial charge >= 0.3 is 0 Å². The lowest BCUT2D eigenvalue weighted by Crippen LogP contribution is -2.37. The zero-order valence-electron chi connectivity index (χ0n) is 13.0. The summed E-state index contributed by atoms with van der Waals surface area (Å²) >= 11 is 2.23. The highest BCUT2D eigenvalue weighted by molar-refractivity contribution is 14.1. The third-order valence-electron chi connectivity index (χ3n) is 4.50. The summed E-state index contributed by atoms with van der Waals surface area (Å²) in [6, 6.07) is 15.0. The number of hydrogen-bond acceptors (Lipinski definition) is 3. The first kappa shape index (κ1) is 16.9. The second-order valence-electron chi connectivity index (χ2n) is 6.76. The van der Waals surface area contributed by atoms with Crippen molar-refractivity contribution in [3.8, 4) is 0 Å². The van der Waals surface area contributed by atoms with Gasteiger partial charge < -0.3 is 5.11 Å². The smallest absolute Gasteiger partial charge is 0.179 e. The highest BCUT2D eigenvalue weighted by Gasteiger charge is 2.44. The largest absolute Gasteiger partial charge is 0.392 e. The number of aliphatic hydroxyl groups excluding tert-OH is 1. The molecule has 2 aromatic carbocycles. The van der Waals surface area contributed by atoms with Gasteiger partial charge in [0, 0.05) is 14.9 Å². The second kappa shape index (κ2) is 5.86. The second-order valence-corrected chi connectivity index (χ2v) is 9.96. The molecule has 0 radical (unpaired) electrons. The molecule has 0 saturated carbocycles. The zero-order chi connectivity index (χ0) is 16.8. The van der Waals surface area contributed by atoms with Crippen molar-refractivity contribution in [2.45, 2.75) is 30.8 Å². The summed E-state index contributed by atoms with van der Waals surface area (Å²) in [5.41, 5.74) is 0.897. The summed E-state index contributed by atoms with van der Waals surface area (Å²) in [4.78, 5) is 0.341. The number of aliphatic hydroxyl groups is 1. The van der Waals surface area contributed by atoms with Crippen molar-refractivity contribution < 1.29 is 13.5 Å². The van der Waals surface area contributed by atoms with Crippen LogP contribution >= 0.6 is 22.6 Å². The molecule has 2 aromatic rings. The average Bonchev–Trinajstić information content (AvgIpc) is 2.53. The summed E-state index contributed by atoms with van der Waals surface area (Å²) < 4.78 is 26.7. The van der Waals surface area contributed by atoms with E-state index in [9.17, 15) is 13.5 Å². The SMILES string of the molecule is CC1(C)CS(=O)(=O)c2ccccc2[C@@H](c2ccc(I)cc2)[C@H]1O. The van der Waals surface area contributed by atoms with E-state index in [1.165, 1.54) is 0 Å². The maximum atomic E-state index is 12.8. The molecule has 5 heteroatoms. The molecule has 1 N–H and O–H groups in total. The van der Waals surface area contributed by atoms with E-state index in [1.54, 1.807) is 12.1 Å². The third-order valence-corrected chi connectivity index (χ3v) is 7.38. The van der Waals surface area contributed by atoms with Gasteiger partial charge in [0.2, 0.25) is 0 Å². The van der Waals surface area contributed by atoms with E-state index < -0.39 is 21.4 Å². The third kappa shape index (κ3) is 3.06. The van der Waals surface area contributed by atoms with Gasteiger partial charge in [-0.05, 0) is 51.9 Å². The van der Waals surface area contributed by atoms with Crippen LogP contribution in [0.1, 0.15) is 30.9 Å². The first-order chi connectivity index (χ1) is 10.7. The first-order valence-corrected chi connectivity index (χ1v) is 10.2. The van der Waals surface area contributed by atoms with Crippen LogP contribution in [0.25, 0.3) is 0 Å². The molecule has 0 aromatic heterocycles. The minimum Gasteiger partial charge on any atom is -0.392 e. The molecule has 1 aliphatic rings. The van der Waals surface area contributed by atoms with Crippen LogP contribution in [0, 0.1) is 8.99 Å². The van der Waals surface area contributed by atoms with Gasteiger partial charge in [0.15, 0.2) is 9.84 Å². The van der Waals surface area contributed by atoms with Crippen molar-refractivity contribution in [1.29, 1.82) is 0 Å². The molecule has 1 aliphatic heterocycles. The van der Waals surface area contributed by atoms with Crippen molar-refractivity contribution in [2.75, 3.05) is 5.75 Å². The summed E-state index contributed by atoms with van der Waals surface area (Å²) in [6.45, 7) is 3.64. The molecular weight excluding hydrogens is 423 g/mol. The van der Waals surface area contributed by atoms with Crippen molar-refractivity contribution in [3.05, 3.63) is 63.2 Å². The molecule has 23 heavy (non-hydrogen) atoms. The minimum atomic E-state index is -3.43. The number of sulfone groups is 1. The number of rotatable bonds is 1. The van der Waals surface area contributed by atoms with Gasteiger partial charge in [-0.25, -0.2) is 8.42 Å².